The third-order valence-corrected chi connectivity index (χ3v) is 5.70. The summed E-state index contributed by atoms with van der Waals surface area (Å²) < 4.78 is 22.6. The first kappa shape index (κ1) is 23.5. The molecule has 1 aliphatic heterocycles. The quantitative estimate of drug-likeness (QED) is 0.591. The number of hydrogen-bond donors (Lipinski definition) is 0. The van der Waals surface area contributed by atoms with E-state index in [9.17, 15) is 18.8 Å². The highest BCUT2D eigenvalue weighted by atomic mass is 79.9. The van der Waals surface area contributed by atoms with Crippen molar-refractivity contribution < 1.29 is 13.9 Å². The van der Waals surface area contributed by atoms with Gasteiger partial charge < -0.3 is 23.7 Å². The molecule has 0 spiro atoms. The number of benzene rings is 1. The maximum Gasteiger partial charge on any atom is 0.410 e. The number of amides is 1. The number of hydrogen-bond acceptors (Lipinski definition) is 5. The van der Waals surface area contributed by atoms with Gasteiger partial charge in [-0.15, -0.1) is 0 Å². The van der Waals surface area contributed by atoms with E-state index in [1.807, 2.05) is 19.0 Å². The molecule has 1 aromatic heterocycles. The number of carbonyl (C=O) groups is 1. The van der Waals surface area contributed by atoms with E-state index in [1.165, 1.54) is 21.3 Å². The molecule has 8 nitrogen and oxygen atoms in total. The molecule has 3 rings (SSSR count). The van der Waals surface area contributed by atoms with Gasteiger partial charge in [-0.3, -0.25) is 9.59 Å². The fourth-order valence-electron chi connectivity index (χ4n) is 3.53. The van der Waals surface area contributed by atoms with Crippen molar-refractivity contribution in [3.05, 3.63) is 43.1 Å². The summed E-state index contributed by atoms with van der Waals surface area (Å²) in [6.07, 6.45) is -0.407. The first-order valence-corrected chi connectivity index (χ1v) is 10.9. The van der Waals surface area contributed by atoms with E-state index < -0.39 is 28.6 Å². The Kier molecular flexibility index (Phi) is 6.61. The van der Waals surface area contributed by atoms with Crippen LogP contribution in [-0.4, -0.2) is 64.4 Å². The molecule has 0 radical (unpaired) electrons. The molecule has 0 unspecified atom stereocenters. The highest BCUT2D eigenvalue weighted by Crippen LogP contribution is 2.25. The molecule has 1 aromatic carbocycles. The number of ether oxygens (including phenoxy) is 1. The fourth-order valence-corrected chi connectivity index (χ4v) is 3.86. The molecule has 2 aromatic rings. The third kappa shape index (κ3) is 5.17. The Balaban J connectivity index is 1.91. The second-order valence-electron chi connectivity index (χ2n) is 9.18. The van der Waals surface area contributed by atoms with Crippen LogP contribution in [0.15, 0.2) is 26.2 Å². The van der Waals surface area contributed by atoms with Gasteiger partial charge in [0.25, 0.3) is 0 Å². The minimum absolute atomic E-state index is 0.0304. The first-order chi connectivity index (χ1) is 14.4. The van der Waals surface area contributed by atoms with Crippen LogP contribution in [0.3, 0.4) is 0 Å². The lowest BCUT2D eigenvalue weighted by Gasteiger charge is -2.40. The van der Waals surface area contributed by atoms with Gasteiger partial charge in [-0.2, -0.15) is 0 Å². The smallest absolute Gasteiger partial charge is 0.410 e. The van der Waals surface area contributed by atoms with Crippen molar-refractivity contribution in [3.63, 3.8) is 0 Å². The SMILES string of the molecule is CN(C)CCn1c(=O)c(=O)n(CC2CN(C(=O)OC(C)(C)C)C2)c2cc(F)c(Br)cc21. The van der Waals surface area contributed by atoms with Crippen LogP contribution in [0.5, 0.6) is 0 Å². The normalized spacial score (nSPS) is 14.9. The lowest BCUT2D eigenvalue weighted by molar-refractivity contribution is -0.00331. The Morgan fingerprint density at radius 1 is 1.16 bits per heavy atom. The summed E-state index contributed by atoms with van der Waals surface area (Å²) in [5.74, 6) is -0.542. The maximum absolute atomic E-state index is 14.3. The third-order valence-electron chi connectivity index (χ3n) is 5.09. The van der Waals surface area contributed by atoms with Crippen molar-refractivity contribution >= 4 is 33.1 Å². The average molecular weight is 499 g/mol. The number of likely N-dealkylation sites (N-methyl/N-ethyl adjacent to an activating group) is 1. The first-order valence-electron chi connectivity index (χ1n) is 10.1. The molecule has 2 heterocycles. The standard InChI is InChI=1S/C21H28BrFN4O4/c1-21(2,3)31-20(30)25-10-13(11-25)12-27-17-9-15(23)14(22)8-16(17)26(7-6-24(4)5)18(28)19(27)29/h8-9,13H,6-7,10-12H2,1-5H3. The van der Waals surface area contributed by atoms with Crippen LogP contribution in [0.1, 0.15) is 20.8 Å². The summed E-state index contributed by atoms with van der Waals surface area (Å²) in [5, 5.41) is 0. The zero-order chi connectivity index (χ0) is 23.1. The van der Waals surface area contributed by atoms with E-state index in [-0.39, 0.29) is 16.9 Å². The highest BCUT2D eigenvalue weighted by molar-refractivity contribution is 9.10. The number of fused-ring (bicyclic) bond motifs is 1. The van der Waals surface area contributed by atoms with Gasteiger partial charge in [-0.1, -0.05) is 0 Å². The van der Waals surface area contributed by atoms with E-state index >= 15 is 0 Å². The van der Waals surface area contributed by atoms with E-state index in [1.54, 1.807) is 25.7 Å². The van der Waals surface area contributed by atoms with Crippen molar-refractivity contribution in [2.24, 2.45) is 5.92 Å². The molecule has 1 fully saturated rings. The molecule has 0 saturated carbocycles. The average Bonchev–Trinajstić information content (AvgIpc) is 2.60. The molecule has 1 amide bonds. The number of aromatic nitrogens is 2. The molecule has 1 saturated heterocycles. The van der Waals surface area contributed by atoms with Gasteiger partial charge in [0.2, 0.25) is 0 Å². The Bertz CT molecular complexity index is 1110. The Morgan fingerprint density at radius 2 is 1.74 bits per heavy atom. The minimum Gasteiger partial charge on any atom is -0.444 e. The van der Waals surface area contributed by atoms with Crippen LogP contribution in [0, 0.1) is 11.7 Å². The van der Waals surface area contributed by atoms with Crippen LogP contribution in [0.4, 0.5) is 9.18 Å². The zero-order valence-corrected chi connectivity index (χ0v) is 20.0. The lowest BCUT2D eigenvalue weighted by atomic mass is 10.0. The van der Waals surface area contributed by atoms with Crippen LogP contribution in [0.2, 0.25) is 0 Å². The van der Waals surface area contributed by atoms with Gasteiger partial charge in [0.1, 0.15) is 11.4 Å². The van der Waals surface area contributed by atoms with Crippen molar-refractivity contribution in [1.29, 1.82) is 0 Å². The van der Waals surface area contributed by atoms with Gasteiger partial charge >= 0.3 is 17.2 Å². The van der Waals surface area contributed by atoms with Crippen LogP contribution >= 0.6 is 15.9 Å². The monoisotopic (exact) mass is 498 g/mol. The van der Waals surface area contributed by atoms with Gasteiger partial charge in [-0.05, 0) is 56.9 Å². The van der Waals surface area contributed by atoms with Crippen molar-refractivity contribution in [2.45, 2.75) is 39.5 Å². The van der Waals surface area contributed by atoms with Crippen LogP contribution < -0.4 is 11.1 Å². The van der Waals surface area contributed by atoms with Crippen molar-refractivity contribution in [2.75, 3.05) is 33.7 Å². The Labute approximate surface area is 188 Å². The highest BCUT2D eigenvalue weighted by Gasteiger charge is 2.34. The number of likely N-dealkylation sites (tertiary alicyclic amines) is 1. The maximum atomic E-state index is 14.3. The number of carbonyl (C=O) groups excluding carboxylic acids is 1. The summed E-state index contributed by atoms with van der Waals surface area (Å²) >= 11 is 3.18. The predicted octanol–water partition coefficient (Wildman–Crippen LogP) is 2.49. The topological polar surface area (TPSA) is 76.8 Å². The van der Waals surface area contributed by atoms with Gasteiger partial charge in [0.15, 0.2) is 0 Å². The molecule has 0 bridgehead atoms. The molecule has 0 atom stereocenters. The van der Waals surface area contributed by atoms with Crippen LogP contribution in [-0.2, 0) is 17.8 Å². The zero-order valence-electron chi connectivity index (χ0n) is 18.4. The van der Waals surface area contributed by atoms with Gasteiger partial charge in [-0.25, -0.2) is 9.18 Å². The summed E-state index contributed by atoms with van der Waals surface area (Å²) in [6, 6.07) is 2.81. The molecule has 10 heteroatoms. The lowest BCUT2D eigenvalue weighted by Crippen LogP contribution is -2.54. The second kappa shape index (κ2) is 8.74. The van der Waals surface area contributed by atoms with E-state index in [4.69, 9.17) is 4.74 Å². The molecular weight excluding hydrogens is 471 g/mol. The van der Waals surface area contributed by atoms with Crippen LogP contribution in [0.25, 0.3) is 11.0 Å². The molecule has 170 valence electrons. The number of rotatable bonds is 5. The second-order valence-corrected chi connectivity index (χ2v) is 10.0. The molecule has 31 heavy (non-hydrogen) atoms. The molecule has 0 aliphatic carbocycles. The minimum atomic E-state index is -0.691. The van der Waals surface area contributed by atoms with E-state index in [0.29, 0.717) is 37.2 Å². The number of nitrogens with zero attached hydrogens (tertiary/aromatic N) is 4. The summed E-state index contributed by atoms with van der Waals surface area (Å²) in [7, 11) is 3.74. The van der Waals surface area contributed by atoms with Gasteiger partial charge in [0.05, 0.1) is 15.5 Å². The van der Waals surface area contributed by atoms with Crippen molar-refractivity contribution in [3.8, 4) is 0 Å². The Morgan fingerprint density at radius 3 is 2.32 bits per heavy atom. The predicted molar refractivity (Wildman–Crippen MR) is 120 cm³/mol. The van der Waals surface area contributed by atoms with E-state index in [0.717, 1.165) is 0 Å². The van der Waals surface area contributed by atoms with Crippen molar-refractivity contribution in [1.82, 2.24) is 18.9 Å². The number of halogens is 2. The largest absolute Gasteiger partial charge is 0.444 e. The fraction of sp³-hybridized carbons (Fsp3) is 0.571. The Hall–Kier alpha value is -2.20. The molecular formula is C21H28BrFN4O4. The van der Waals surface area contributed by atoms with Gasteiger partial charge in [0, 0.05) is 44.7 Å². The summed E-state index contributed by atoms with van der Waals surface area (Å²) in [6.45, 7) is 7.30. The summed E-state index contributed by atoms with van der Waals surface area (Å²) in [4.78, 5) is 41.4. The molecule has 1 aliphatic rings. The van der Waals surface area contributed by atoms with E-state index in [2.05, 4.69) is 15.9 Å². The summed E-state index contributed by atoms with van der Waals surface area (Å²) in [5.41, 5.74) is -1.07. The molecule has 0 N–H and O–H groups in total.